The number of nitrogens with zero attached hydrogens (tertiary/aromatic N) is 2. The Morgan fingerprint density at radius 2 is 1.67 bits per heavy atom. The molecule has 3 heterocycles. The average Bonchev–Trinajstić information content (AvgIpc) is 3.52. The standard InChI is InChI=1S/C38H40Cl2N4O7/c1-37(22-45,36(47)48)41-16-17-51-30-13-11-23(18-31(30)49-2)25-6-4-7-26(33(25)39)27-8-5-9-28(34(27)40)29-12-10-24(35(42-29)50-3)19-44-20-38(21-44)15-14-32(46)43-38/h4-13,18,41,45H,14-17,19-22H2,1-3H3,(H,43,46)(H,47,48). The third kappa shape index (κ3) is 7.49. The Bertz CT molecular complexity index is 1950. The number of carboxylic acids is 1. The molecule has 268 valence electrons. The molecule has 0 saturated carbocycles. The molecule has 1 amide bonds. The first-order valence-electron chi connectivity index (χ1n) is 16.6. The van der Waals surface area contributed by atoms with E-state index in [0.29, 0.717) is 46.1 Å². The molecule has 0 radical (unpaired) electrons. The second kappa shape index (κ2) is 15.1. The molecule has 0 bridgehead atoms. The summed E-state index contributed by atoms with van der Waals surface area (Å²) in [6.07, 6.45) is 1.46. The Labute approximate surface area is 306 Å². The minimum absolute atomic E-state index is 0.0946. The van der Waals surface area contributed by atoms with E-state index in [0.717, 1.165) is 52.9 Å². The molecule has 11 nitrogen and oxygen atoms in total. The third-order valence-corrected chi connectivity index (χ3v) is 10.3. The second-order valence-electron chi connectivity index (χ2n) is 13.1. The van der Waals surface area contributed by atoms with Gasteiger partial charge in [-0.15, -0.1) is 0 Å². The highest BCUT2D eigenvalue weighted by atomic mass is 35.5. The molecular weight excluding hydrogens is 695 g/mol. The highest BCUT2D eigenvalue weighted by molar-refractivity contribution is 6.39. The van der Waals surface area contributed by atoms with E-state index in [2.05, 4.69) is 15.5 Å². The van der Waals surface area contributed by atoms with E-state index in [1.54, 1.807) is 13.2 Å². The number of hydrogen-bond acceptors (Lipinski definition) is 9. The van der Waals surface area contributed by atoms with E-state index in [4.69, 9.17) is 42.4 Å². The molecule has 0 aliphatic carbocycles. The van der Waals surface area contributed by atoms with Crippen LogP contribution in [-0.2, 0) is 16.1 Å². The number of benzene rings is 3. The quantitative estimate of drug-likeness (QED) is 0.120. The Hall–Kier alpha value is -4.39. The Morgan fingerprint density at radius 1 is 0.980 bits per heavy atom. The Kier molecular flexibility index (Phi) is 10.8. The number of amides is 1. The van der Waals surface area contributed by atoms with E-state index in [1.807, 2.05) is 60.7 Å². The van der Waals surface area contributed by atoms with Crippen LogP contribution in [0.4, 0.5) is 0 Å². The van der Waals surface area contributed by atoms with Gasteiger partial charge in [0.25, 0.3) is 0 Å². The van der Waals surface area contributed by atoms with Crippen LogP contribution in [0.3, 0.4) is 0 Å². The van der Waals surface area contributed by atoms with Crippen LogP contribution in [0.25, 0.3) is 33.5 Å². The molecule has 13 heteroatoms. The van der Waals surface area contributed by atoms with Gasteiger partial charge in [-0.05, 0) is 37.1 Å². The highest BCUT2D eigenvalue weighted by Gasteiger charge is 2.47. The number of methoxy groups -OCH3 is 2. The second-order valence-corrected chi connectivity index (χ2v) is 13.9. The summed E-state index contributed by atoms with van der Waals surface area (Å²) in [6, 6.07) is 20.9. The number of ether oxygens (including phenoxy) is 3. The number of hydrogen-bond donors (Lipinski definition) is 4. The van der Waals surface area contributed by atoms with Gasteiger partial charge in [0, 0.05) is 60.4 Å². The van der Waals surface area contributed by atoms with E-state index in [-0.39, 0.29) is 24.6 Å². The maximum atomic E-state index is 11.7. The highest BCUT2D eigenvalue weighted by Crippen LogP contribution is 2.44. The minimum Gasteiger partial charge on any atom is -0.493 e. The summed E-state index contributed by atoms with van der Waals surface area (Å²) in [5.74, 6) is 0.434. The normalized spacial score (nSPS) is 16.3. The number of carboxylic acid groups (broad SMARTS) is 1. The number of aliphatic hydroxyl groups is 1. The number of aliphatic carboxylic acids is 1. The van der Waals surface area contributed by atoms with Crippen molar-refractivity contribution in [1.29, 1.82) is 0 Å². The molecule has 2 aliphatic heterocycles. The topological polar surface area (TPSA) is 142 Å². The minimum atomic E-state index is -1.47. The summed E-state index contributed by atoms with van der Waals surface area (Å²) in [7, 11) is 3.14. The van der Waals surface area contributed by atoms with E-state index >= 15 is 0 Å². The van der Waals surface area contributed by atoms with Crippen LogP contribution in [0, 0.1) is 0 Å². The molecule has 6 rings (SSSR count). The van der Waals surface area contributed by atoms with Crippen LogP contribution < -0.4 is 24.8 Å². The lowest BCUT2D eigenvalue weighted by atomic mass is 9.88. The molecule has 1 spiro atoms. The SMILES string of the molecule is COc1cc(-c2cccc(-c3cccc(-c4ccc(CN5CC6(CCC(=O)N6)C5)c(OC)n4)c3Cl)c2Cl)ccc1OCCNC(C)(CO)C(=O)O. The summed E-state index contributed by atoms with van der Waals surface area (Å²) >= 11 is 14.2. The predicted molar refractivity (Wildman–Crippen MR) is 196 cm³/mol. The van der Waals surface area contributed by atoms with Gasteiger partial charge >= 0.3 is 5.97 Å². The van der Waals surface area contributed by atoms with Gasteiger partial charge in [0.15, 0.2) is 11.5 Å². The molecule has 1 atom stereocenters. The predicted octanol–water partition coefficient (Wildman–Crippen LogP) is 5.68. The zero-order valence-electron chi connectivity index (χ0n) is 28.6. The van der Waals surface area contributed by atoms with Gasteiger partial charge in [-0.1, -0.05) is 71.7 Å². The van der Waals surface area contributed by atoms with Gasteiger partial charge in [-0.2, -0.15) is 0 Å². The molecule has 1 unspecified atom stereocenters. The van der Waals surface area contributed by atoms with E-state index in [1.165, 1.54) is 14.0 Å². The number of pyridine rings is 1. The van der Waals surface area contributed by atoms with Crippen molar-refractivity contribution in [1.82, 2.24) is 20.5 Å². The van der Waals surface area contributed by atoms with Crippen molar-refractivity contribution >= 4 is 35.1 Å². The summed E-state index contributed by atoms with van der Waals surface area (Å²) < 4.78 is 17.2. The Morgan fingerprint density at radius 3 is 2.29 bits per heavy atom. The van der Waals surface area contributed by atoms with Crippen LogP contribution in [-0.4, -0.2) is 90.1 Å². The Balaban J connectivity index is 1.20. The zero-order chi connectivity index (χ0) is 36.3. The third-order valence-electron chi connectivity index (χ3n) is 9.52. The van der Waals surface area contributed by atoms with Crippen molar-refractivity contribution in [2.45, 2.75) is 37.4 Å². The fraction of sp³-hybridized carbons (Fsp3) is 0.342. The molecule has 4 N–H and O–H groups in total. The maximum Gasteiger partial charge on any atom is 0.326 e. The number of aromatic nitrogens is 1. The van der Waals surface area contributed by atoms with Crippen molar-refractivity contribution < 1.29 is 34.0 Å². The van der Waals surface area contributed by atoms with Gasteiger partial charge < -0.3 is 29.7 Å². The van der Waals surface area contributed by atoms with Crippen molar-refractivity contribution in [3.63, 3.8) is 0 Å². The van der Waals surface area contributed by atoms with Gasteiger partial charge in [-0.3, -0.25) is 19.8 Å². The molecule has 4 aromatic rings. The molecule has 1 aromatic heterocycles. The van der Waals surface area contributed by atoms with Gasteiger partial charge in [0.1, 0.15) is 12.1 Å². The number of carbonyl (C=O) groups excluding carboxylic acids is 1. The van der Waals surface area contributed by atoms with Gasteiger partial charge in [0.05, 0.1) is 42.1 Å². The van der Waals surface area contributed by atoms with Crippen LogP contribution in [0.5, 0.6) is 17.4 Å². The summed E-state index contributed by atoms with van der Waals surface area (Å²) in [5, 5.41) is 25.7. The summed E-state index contributed by atoms with van der Waals surface area (Å²) in [6.45, 7) is 3.46. The number of carbonyl (C=O) groups is 2. The average molecular weight is 736 g/mol. The van der Waals surface area contributed by atoms with Crippen LogP contribution in [0.15, 0.2) is 66.7 Å². The molecule has 51 heavy (non-hydrogen) atoms. The fourth-order valence-corrected chi connectivity index (χ4v) is 7.29. The van der Waals surface area contributed by atoms with Gasteiger partial charge in [-0.25, -0.2) is 4.98 Å². The van der Waals surface area contributed by atoms with Crippen LogP contribution in [0.2, 0.25) is 10.0 Å². The van der Waals surface area contributed by atoms with Crippen molar-refractivity contribution in [3.05, 3.63) is 82.3 Å². The lowest BCUT2D eigenvalue weighted by molar-refractivity contribution is -0.145. The van der Waals surface area contributed by atoms with E-state index in [9.17, 15) is 19.8 Å². The van der Waals surface area contributed by atoms with Crippen molar-refractivity contribution in [2.75, 3.05) is 47.1 Å². The lowest BCUT2D eigenvalue weighted by Gasteiger charge is -2.48. The number of nitrogens with one attached hydrogen (secondary N) is 2. The number of rotatable bonds is 14. The number of halogens is 2. The maximum absolute atomic E-state index is 11.7. The number of likely N-dealkylation sites (tertiary alicyclic amines) is 1. The zero-order valence-corrected chi connectivity index (χ0v) is 30.1. The summed E-state index contributed by atoms with van der Waals surface area (Å²) in [4.78, 5) is 30.3. The smallest absolute Gasteiger partial charge is 0.326 e. The van der Waals surface area contributed by atoms with Crippen molar-refractivity contribution in [2.24, 2.45) is 0 Å². The number of aliphatic hydroxyl groups excluding tert-OH is 1. The first-order chi connectivity index (χ1) is 24.5. The monoisotopic (exact) mass is 734 g/mol. The lowest BCUT2D eigenvalue weighted by Crippen LogP contribution is -2.66. The fourth-order valence-electron chi connectivity index (χ4n) is 6.63. The van der Waals surface area contributed by atoms with E-state index < -0.39 is 18.1 Å². The first kappa shape index (κ1) is 36.4. The van der Waals surface area contributed by atoms with Crippen LogP contribution >= 0.6 is 23.2 Å². The molecule has 2 aliphatic rings. The first-order valence-corrected chi connectivity index (χ1v) is 17.3. The molecule has 3 aromatic carbocycles. The molecule has 2 fully saturated rings. The van der Waals surface area contributed by atoms with Gasteiger partial charge in [0.2, 0.25) is 11.8 Å². The summed E-state index contributed by atoms with van der Waals surface area (Å²) in [5.41, 5.74) is 3.83. The molecule has 2 saturated heterocycles. The van der Waals surface area contributed by atoms with Crippen molar-refractivity contribution in [3.8, 4) is 50.9 Å². The largest absolute Gasteiger partial charge is 0.493 e. The van der Waals surface area contributed by atoms with Crippen LogP contribution in [0.1, 0.15) is 25.3 Å². The molecular formula is C38H40Cl2N4O7.